The van der Waals surface area contributed by atoms with Gasteiger partial charge in [0.15, 0.2) is 6.10 Å². The number of aliphatic carboxylic acids is 1. The van der Waals surface area contributed by atoms with Gasteiger partial charge < -0.3 is 15.2 Å². The summed E-state index contributed by atoms with van der Waals surface area (Å²) < 4.78 is 5.44. The Hall–Kier alpha value is -2.04. The van der Waals surface area contributed by atoms with Gasteiger partial charge >= 0.3 is 5.97 Å². The third kappa shape index (κ3) is 2.38. The zero-order valence-corrected chi connectivity index (χ0v) is 9.34. The number of carbonyl (C=O) groups excluding carboxylic acids is 1. The highest BCUT2D eigenvalue weighted by Gasteiger charge is 2.30. The number of hydrogen-bond donors (Lipinski definition) is 2. The van der Waals surface area contributed by atoms with Crippen LogP contribution in [-0.4, -0.2) is 29.1 Å². The Labute approximate surface area is 98.4 Å². The van der Waals surface area contributed by atoms with Crippen LogP contribution in [-0.2, 0) is 16.0 Å². The fourth-order valence-corrected chi connectivity index (χ4v) is 1.70. The number of rotatable bonds is 3. The van der Waals surface area contributed by atoms with Gasteiger partial charge in [-0.1, -0.05) is 18.2 Å². The smallest absolute Gasteiger partial charge is 0.325 e. The van der Waals surface area contributed by atoms with Crippen molar-refractivity contribution in [3.05, 3.63) is 29.8 Å². The van der Waals surface area contributed by atoms with E-state index in [2.05, 4.69) is 5.32 Å². The topological polar surface area (TPSA) is 75.6 Å². The van der Waals surface area contributed by atoms with Gasteiger partial charge in [0.1, 0.15) is 11.8 Å². The summed E-state index contributed by atoms with van der Waals surface area (Å²) in [6.07, 6.45) is -0.150. The molecule has 2 atom stereocenters. The number of hydrogen-bond acceptors (Lipinski definition) is 3. The lowest BCUT2D eigenvalue weighted by atomic mass is 10.1. The van der Waals surface area contributed by atoms with E-state index in [1.165, 1.54) is 6.92 Å². The summed E-state index contributed by atoms with van der Waals surface area (Å²) in [6, 6.07) is 6.49. The first kappa shape index (κ1) is 11.4. The van der Waals surface area contributed by atoms with Gasteiger partial charge in [0.05, 0.1) is 0 Å². The number of para-hydroxylation sites is 1. The molecule has 1 aromatic carbocycles. The van der Waals surface area contributed by atoms with Crippen LogP contribution in [0, 0.1) is 0 Å². The van der Waals surface area contributed by atoms with Crippen LogP contribution in [0.2, 0.25) is 0 Å². The third-order valence-electron chi connectivity index (χ3n) is 2.67. The molecule has 1 aliphatic heterocycles. The zero-order valence-electron chi connectivity index (χ0n) is 9.34. The molecule has 2 unspecified atom stereocenters. The van der Waals surface area contributed by atoms with E-state index in [-0.39, 0.29) is 0 Å². The highest BCUT2D eigenvalue weighted by atomic mass is 16.5. The van der Waals surface area contributed by atoms with E-state index in [0.29, 0.717) is 12.2 Å². The zero-order chi connectivity index (χ0) is 12.4. The molecule has 0 aromatic heterocycles. The second kappa shape index (κ2) is 4.45. The van der Waals surface area contributed by atoms with Crippen molar-refractivity contribution in [2.45, 2.75) is 25.5 Å². The minimum Gasteiger partial charge on any atom is -0.480 e. The Balaban J connectivity index is 1.99. The van der Waals surface area contributed by atoms with Crippen LogP contribution < -0.4 is 10.1 Å². The fraction of sp³-hybridized carbons (Fsp3) is 0.333. The third-order valence-corrected chi connectivity index (χ3v) is 2.67. The number of amides is 1. The fourth-order valence-electron chi connectivity index (χ4n) is 1.70. The van der Waals surface area contributed by atoms with Gasteiger partial charge in [-0.2, -0.15) is 0 Å². The van der Waals surface area contributed by atoms with Crippen molar-refractivity contribution in [2.75, 3.05) is 0 Å². The molecule has 1 amide bonds. The molecule has 1 aliphatic rings. The van der Waals surface area contributed by atoms with Crippen molar-refractivity contribution in [3.63, 3.8) is 0 Å². The van der Waals surface area contributed by atoms with Crippen LogP contribution in [0.25, 0.3) is 0 Å². The Bertz CT molecular complexity index is 433. The van der Waals surface area contributed by atoms with Gasteiger partial charge in [0.25, 0.3) is 5.91 Å². The summed E-state index contributed by atoms with van der Waals surface area (Å²) in [6.45, 7) is 1.42. The Kier molecular flexibility index (Phi) is 2.99. The molecule has 0 bridgehead atoms. The summed E-state index contributed by atoms with van der Waals surface area (Å²) in [5, 5.41) is 11.1. The predicted molar refractivity (Wildman–Crippen MR) is 59.8 cm³/mol. The first-order valence-corrected chi connectivity index (χ1v) is 5.35. The molecular weight excluding hydrogens is 222 g/mol. The molecule has 0 spiro atoms. The maximum absolute atomic E-state index is 11.7. The highest BCUT2D eigenvalue weighted by Crippen LogP contribution is 2.28. The molecule has 5 nitrogen and oxygen atoms in total. The molecule has 17 heavy (non-hydrogen) atoms. The standard InChI is InChI=1S/C12H13NO4/c1-7(12(15)16)13-11(14)10-6-8-4-2-3-5-9(8)17-10/h2-5,7,10H,6H2,1H3,(H,13,14)(H,15,16). The van der Waals surface area contributed by atoms with E-state index in [1.54, 1.807) is 6.07 Å². The van der Waals surface area contributed by atoms with Crippen molar-refractivity contribution in [2.24, 2.45) is 0 Å². The lowest BCUT2D eigenvalue weighted by Crippen LogP contribution is -2.45. The largest absolute Gasteiger partial charge is 0.480 e. The number of benzene rings is 1. The molecule has 0 saturated heterocycles. The maximum atomic E-state index is 11.7. The lowest BCUT2D eigenvalue weighted by molar-refractivity contribution is -0.142. The average Bonchev–Trinajstić information content (AvgIpc) is 2.72. The second-order valence-electron chi connectivity index (χ2n) is 3.99. The first-order valence-electron chi connectivity index (χ1n) is 5.35. The van der Waals surface area contributed by atoms with Crippen molar-refractivity contribution in [1.82, 2.24) is 5.32 Å². The van der Waals surface area contributed by atoms with Gasteiger partial charge in [-0.25, -0.2) is 0 Å². The van der Waals surface area contributed by atoms with Crippen LogP contribution in [0.3, 0.4) is 0 Å². The minimum atomic E-state index is -1.06. The van der Waals surface area contributed by atoms with Gasteiger partial charge in [0, 0.05) is 6.42 Å². The maximum Gasteiger partial charge on any atom is 0.325 e. The van der Waals surface area contributed by atoms with E-state index in [1.807, 2.05) is 18.2 Å². The molecule has 0 radical (unpaired) electrons. The second-order valence-corrected chi connectivity index (χ2v) is 3.99. The highest BCUT2D eigenvalue weighted by molar-refractivity contribution is 5.87. The van der Waals surface area contributed by atoms with Crippen LogP contribution in [0.15, 0.2) is 24.3 Å². The Morgan fingerprint density at radius 1 is 1.47 bits per heavy atom. The van der Waals surface area contributed by atoms with E-state index < -0.39 is 24.0 Å². The molecule has 2 rings (SSSR count). The van der Waals surface area contributed by atoms with Crippen LogP contribution in [0.5, 0.6) is 5.75 Å². The van der Waals surface area contributed by atoms with Gasteiger partial charge in [-0.3, -0.25) is 9.59 Å². The van der Waals surface area contributed by atoms with Gasteiger partial charge in [-0.15, -0.1) is 0 Å². The summed E-state index contributed by atoms with van der Waals surface area (Å²) in [5.74, 6) is -0.763. The van der Waals surface area contributed by atoms with E-state index in [0.717, 1.165) is 5.56 Å². The number of carbonyl (C=O) groups is 2. The molecule has 1 aromatic rings. The number of carboxylic acid groups (broad SMARTS) is 1. The molecule has 2 N–H and O–H groups in total. The number of nitrogens with one attached hydrogen (secondary N) is 1. The van der Waals surface area contributed by atoms with E-state index in [4.69, 9.17) is 9.84 Å². The van der Waals surface area contributed by atoms with Crippen LogP contribution in [0.4, 0.5) is 0 Å². The first-order chi connectivity index (χ1) is 8.08. The van der Waals surface area contributed by atoms with E-state index in [9.17, 15) is 9.59 Å². The number of ether oxygens (including phenoxy) is 1. The summed E-state index contributed by atoms with van der Waals surface area (Å²) in [5.41, 5.74) is 0.968. The Morgan fingerprint density at radius 2 is 2.18 bits per heavy atom. The monoisotopic (exact) mass is 235 g/mol. The SMILES string of the molecule is CC(NC(=O)C1Cc2ccccc2O1)C(=O)O. The molecule has 0 saturated carbocycles. The van der Waals surface area contributed by atoms with Crippen molar-refractivity contribution < 1.29 is 19.4 Å². The normalized spacial score (nSPS) is 19.0. The van der Waals surface area contributed by atoms with Crippen molar-refractivity contribution in [1.29, 1.82) is 0 Å². The molecule has 5 heteroatoms. The Morgan fingerprint density at radius 3 is 2.82 bits per heavy atom. The molecule has 0 fully saturated rings. The van der Waals surface area contributed by atoms with E-state index >= 15 is 0 Å². The van der Waals surface area contributed by atoms with Crippen molar-refractivity contribution in [3.8, 4) is 5.75 Å². The van der Waals surface area contributed by atoms with Crippen molar-refractivity contribution >= 4 is 11.9 Å². The predicted octanol–water partition coefficient (Wildman–Crippen LogP) is 0.579. The molecule has 90 valence electrons. The van der Waals surface area contributed by atoms with Gasteiger partial charge in [0.2, 0.25) is 0 Å². The quantitative estimate of drug-likeness (QED) is 0.803. The summed E-state index contributed by atoms with van der Waals surface area (Å²) >= 11 is 0. The number of fused-ring (bicyclic) bond motifs is 1. The van der Waals surface area contributed by atoms with Crippen LogP contribution >= 0.6 is 0 Å². The van der Waals surface area contributed by atoms with Crippen LogP contribution in [0.1, 0.15) is 12.5 Å². The summed E-state index contributed by atoms with van der Waals surface area (Å²) in [4.78, 5) is 22.3. The minimum absolute atomic E-state index is 0.392. The number of carboxylic acids is 1. The molecule has 0 aliphatic carbocycles. The molecule has 1 heterocycles. The lowest BCUT2D eigenvalue weighted by Gasteiger charge is -2.13. The average molecular weight is 235 g/mol. The summed E-state index contributed by atoms with van der Waals surface area (Å²) in [7, 11) is 0. The van der Waals surface area contributed by atoms with Gasteiger partial charge in [-0.05, 0) is 18.6 Å². The molecular formula is C12H13NO4.